The van der Waals surface area contributed by atoms with E-state index >= 15 is 0 Å². The molecule has 0 fully saturated rings. The fourth-order valence-electron chi connectivity index (χ4n) is 1.65. The molecule has 2 rings (SSSR count). The highest BCUT2D eigenvalue weighted by Crippen LogP contribution is 2.27. The van der Waals surface area contributed by atoms with E-state index in [1.807, 2.05) is 0 Å². The van der Waals surface area contributed by atoms with Gasteiger partial charge in [0.15, 0.2) is 0 Å². The predicted molar refractivity (Wildman–Crippen MR) is 60.5 cm³/mol. The Morgan fingerprint density at radius 1 is 1.12 bits per heavy atom. The van der Waals surface area contributed by atoms with Gasteiger partial charge in [-0.2, -0.15) is 0 Å². The maximum atomic E-state index is 13.1. The van der Waals surface area contributed by atoms with Crippen molar-refractivity contribution >= 4 is 5.97 Å². The molecule has 0 heterocycles. The van der Waals surface area contributed by atoms with Gasteiger partial charge in [-0.3, -0.25) is 0 Å². The van der Waals surface area contributed by atoms with Crippen LogP contribution in [0.5, 0.6) is 5.75 Å². The van der Waals surface area contributed by atoms with E-state index in [9.17, 15) is 14.3 Å². The van der Waals surface area contributed by atoms with E-state index < -0.39 is 11.8 Å². The van der Waals surface area contributed by atoms with Crippen LogP contribution in [0.25, 0.3) is 11.1 Å². The molecule has 0 aliphatic carbocycles. The molecule has 0 aliphatic heterocycles. The highest BCUT2D eigenvalue weighted by Gasteiger charge is 2.12. The third-order valence-corrected chi connectivity index (χ3v) is 2.35. The number of carboxylic acid groups (broad SMARTS) is 1. The second-order valence-corrected chi connectivity index (χ2v) is 3.55. The second kappa shape index (κ2) is 4.25. The van der Waals surface area contributed by atoms with Crippen molar-refractivity contribution in [2.24, 2.45) is 0 Å². The molecule has 0 aliphatic rings. The van der Waals surface area contributed by atoms with Gasteiger partial charge in [0.25, 0.3) is 0 Å². The molecular formula is C13H9FO3. The number of phenols is 1. The molecule has 0 unspecified atom stereocenters. The summed E-state index contributed by atoms with van der Waals surface area (Å²) in [5, 5.41) is 18.3. The number of hydrogen-bond acceptors (Lipinski definition) is 2. The van der Waals surface area contributed by atoms with Crippen LogP contribution in [0.2, 0.25) is 0 Å². The van der Waals surface area contributed by atoms with Gasteiger partial charge in [0.1, 0.15) is 11.6 Å². The summed E-state index contributed by atoms with van der Waals surface area (Å²) in [7, 11) is 0. The Labute approximate surface area is 96.8 Å². The zero-order chi connectivity index (χ0) is 12.4. The number of aromatic carboxylic acids is 1. The van der Waals surface area contributed by atoms with Gasteiger partial charge in [-0.1, -0.05) is 18.2 Å². The summed E-state index contributed by atoms with van der Waals surface area (Å²) in [6.45, 7) is 0. The normalized spacial score (nSPS) is 10.2. The highest BCUT2D eigenvalue weighted by molar-refractivity contribution is 5.96. The third kappa shape index (κ3) is 2.25. The van der Waals surface area contributed by atoms with Crippen LogP contribution in [0.1, 0.15) is 10.4 Å². The summed E-state index contributed by atoms with van der Waals surface area (Å²) in [6.07, 6.45) is 0. The summed E-state index contributed by atoms with van der Waals surface area (Å²) in [5.41, 5.74) is 0.771. The zero-order valence-electron chi connectivity index (χ0n) is 8.72. The van der Waals surface area contributed by atoms with Crippen molar-refractivity contribution in [1.82, 2.24) is 0 Å². The molecule has 0 spiro atoms. The predicted octanol–water partition coefficient (Wildman–Crippen LogP) is 2.90. The van der Waals surface area contributed by atoms with E-state index in [1.54, 1.807) is 18.2 Å². The summed E-state index contributed by atoms with van der Waals surface area (Å²) < 4.78 is 13.1. The first-order valence-electron chi connectivity index (χ1n) is 4.90. The Morgan fingerprint density at radius 3 is 2.47 bits per heavy atom. The lowest BCUT2D eigenvalue weighted by Gasteiger charge is -2.06. The summed E-state index contributed by atoms with van der Waals surface area (Å²) in [5.74, 6) is -1.94. The molecule has 17 heavy (non-hydrogen) atoms. The minimum Gasteiger partial charge on any atom is -0.508 e. The average Bonchev–Trinajstić information content (AvgIpc) is 2.27. The molecule has 86 valence electrons. The topological polar surface area (TPSA) is 57.5 Å². The molecule has 0 saturated carbocycles. The zero-order valence-corrected chi connectivity index (χ0v) is 8.72. The molecule has 0 radical (unpaired) electrons. The van der Waals surface area contributed by atoms with Gasteiger partial charge in [0.2, 0.25) is 0 Å². The maximum absolute atomic E-state index is 13.1. The molecule has 0 atom stereocenters. The first-order valence-corrected chi connectivity index (χ1v) is 4.90. The minimum absolute atomic E-state index is 0.0671. The van der Waals surface area contributed by atoms with E-state index in [2.05, 4.69) is 0 Å². The second-order valence-electron chi connectivity index (χ2n) is 3.55. The molecule has 2 N–H and O–H groups in total. The molecule has 4 heteroatoms. The molecule has 2 aromatic carbocycles. The van der Waals surface area contributed by atoms with Crippen LogP contribution in [0.3, 0.4) is 0 Å². The number of carboxylic acids is 1. The minimum atomic E-state index is -1.09. The van der Waals surface area contributed by atoms with Crippen molar-refractivity contribution in [3.05, 3.63) is 53.8 Å². The number of phenolic OH excluding ortho intramolecular Hbond substituents is 1. The maximum Gasteiger partial charge on any atom is 0.336 e. The number of carbonyl (C=O) groups is 1. The fourth-order valence-corrected chi connectivity index (χ4v) is 1.65. The quantitative estimate of drug-likeness (QED) is 0.836. The van der Waals surface area contributed by atoms with Gasteiger partial charge in [0.05, 0.1) is 5.56 Å². The lowest BCUT2D eigenvalue weighted by Crippen LogP contribution is -1.99. The van der Waals surface area contributed by atoms with Crippen molar-refractivity contribution in [3.63, 3.8) is 0 Å². The van der Waals surface area contributed by atoms with Gasteiger partial charge >= 0.3 is 5.97 Å². The monoisotopic (exact) mass is 232 g/mol. The van der Waals surface area contributed by atoms with E-state index in [4.69, 9.17) is 5.11 Å². The van der Waals surface area contributed by atoms with E-state index in [0.29, 0.717) is 11.1 Å². The lowest BCUT2D eigenvalue weighted by molar-refractivity contribution is 0.0697. The summed E-state index contributed by atoms with van der Waals surface area (Å²) in [4.78, 5) is 11.0. The Bertz CT molecular complexity index is 558. The first-order chi connectivity index (χ1) is 8.08. The van der Waals surface area contributed by atoms with Crippen molar-refractivity contribution in [2.45, 2.75) is 0 Å². The van der Waals surface area contributed by atoms with Crippen LogP contribution in [0.15, 0.2) is 42.5 Å². The van der Waals surface area contributed by atoms with Crippen LogP contribution < -0.4 is 0 Å². The van der Waals surface area contributed by atoms with Crippen molar-refractivity contribution in [2.75, 3.05) is 0 Å². The number of halogens is 1. The summed E-state index contributed by atoms with van der Waals surface area (Å²) >= 11 is 0. The van der Waals surface area contributed by atoms with Gasteiger partial charge < -0.3 is 10.2 Å². The Balaban J connectivity index is 2.64. The molecular weight excluding hydrogens is 223 g/mol. The average molecular weight is 232 g/mol. The van der Waals surface area contributed by atoms with Crippen molar-refractivity contribution < 1.29 is 19.4 Å². The molecule has 0 bridgehead atoms. The fraction of sp³-hybridized carbons (Fsp3) is 0. The molecule has 0 saturated heterocycles. The molecule has 0 aromatic heterocycles. The Kier molecular flexibility index (Phi) is 2.78. The Hall–Kier alpha value is -2.36. The third-order valence-electron chi connectivity index (χ3n) is 2.35. The van der Waals surface area contributed by atoms with E-state index in [0.717, 1.165) is 6.07 Å². The molecule has 0 amide bonds. The van der Waals surface area contributed by atoms with Gasteiger partial charge in [-0.05, 0) is 29.3 Å². The Morgan fingerprint density at radius 2 is 1.82 bits per heavy atom. The van der Waals surface area contributed by atoms with Crippen LogP contribution in [0, 0.1) is 5.82 Å². The number of rotatable bonds is 2. The largest absolute Gasteiger partial charge is 0.508 e. The number of aromatic hydroxyl groups is 1. The highest BCUT2D eigenvalue weighted by atomic mass is 19.1. The van der Waals surface area contributed by atoms with Crippen molar-refractivity contribution in [3.8, 4) is 16.9 Å². The van der Waals surface area contributed by atoms with Crippen LogP contribution >= 0.6 is 0 Å². The van der Waals surface area contributed by atoms with Crippen molar-refractivity contribution in [1.29, 1.82) is 0 Å². The standard InChI is InChI=1S/C13H9FO3/c14-9-5-8(6-10(15)7-9)11-3-1-2-4-12(11)13(16)17/h1-7,15H,(H,16,17). The lowest BCUT2D eigenvalue weighted by atomic mass is 9.99. The molecule has 3 nitrogen and oxygen atoms in total. The smallest absolute Gasteiger partial charge is 0.336 e. The van der Waals surface area contributed by atoms with Crippen LogP contribution in [0.4, 0.5) is 4.39 Å². The molecule has 2 aromatic rings. The SMILES string of the molecule is O=C(O)c1ccccc1-c1cc(O)cc(F)c1. The van der Waals surface area contributed by atoms with Gasteiger partial charge in [-0.25, -0.2) is 9.18 Å². The van der Waals surface area contributed by atoms with Gasteiger partial charge in [-0.15, -0.1) is 0 Å². The van der Waals surface area contributed by atoms with Gasteiger partial charge in [0, 0.05) is 6.07 Å². The van der Waals surface area contributed by atoms with Crippen LogP contribution in [-0.4, -0.2) is 16.2 Å². The van der Waals surface area contributed by atoms with Crippen LogP contribution in [-0.2, 0) is 0 Å². The number of hydrogen-bond donors (Lipinski definition) is 2. The van der Waals surface area contributed by atoms with E-state index in [-0.39, 0.29) is 11.3 Å². The first kappa shape index (κ1) is 11.1. The number of benzene rings is 2. The summed E-state index contributed by atoms with van der Waals surface area (Å²) in [6, 6.07) is 9.71. The van der Waals surface area contributed by atoms with E-state index in [1.165, 1.54) is 18.2 Å².